The first-order valence-electron chi connectivity index (χ1n) is 5.03. The lowest BCUT2D eigenvalue weighted by Gasteiger charge is -2.00. The van der Waals surface area contributed by atoms with E-state index in [1.807, 2.05) is 12.1 Å². The monoisotopic (exact) mass is 181 g/mol. The molecule has 0 aromatic carbocycles. The Morgan fingerprint density at radius 1 is 1.46 bits per heavy atom. The highest BCUT2D eigenvalue weighted by Gasteiger charge is 1.96. The summed E-state index contributed by atoms with van der Waals surface area (Å²) in [5.41, 5.74) is 0. The van der Waals surface area contributed by atoms with E-state index in [9.17, 15) is 5.11 Å². The Labute approximate surface area is 80.9 Å². The Hall–Kier alpha value is -0.810. The molecule has 0 aliphatic heterocycles. The van der Waals surface area contributed by atoms with Crippen LogP contribution in [0.3, 0.4) is 0 Å². The van der Waals surface area contributed by atoms with Crippen LogP contribution in [0.25, 0.3) is 0 Å². The van der Waals surface area contributed by atoms with Crippen molar-refractivity contribution in [1.82, 2.24) is 0 Å². The predicted molar refractivity (Wildman–Crippen MR) is 54.1 cm³/mol. The van der Waals surface area contributed by atoms with Gasteiger partial charge in [0.2, 0.25) is 0 Å². The zero-order valence-electron chi connectivity index (χ0n) is 8.37. The van der Waals surface area contributed by atoms with Gasteiger partial charge >= 0.3 is 0 Å². The number of hydrogen-bond donors (Lipinski definition) is 1. The van der Waals surface area contributed by atoms with Crippen LogP contribution < -0.4 is 0 Å². The number of nitriles is 1. The maximum absolute atomic E-state index is 9.30. The number of aliphatic hydroxyl groups is 1. The van der Waals surface area contributed by atoms with Crippen molar-refractivity contribution in [2.75, 3.05) is 0 Å². The highest BCUT2D eigenvalue weighted by Crippen LogP contribution is 2.02. The second kappa shape index (κ2) is 9.28. The van der Waals surface area contributed by atoms with E-state index < -0.39 is 6.10 Å². The standard InChI is InChI=1S/C11H19NO/c1-2-3-4-5-6-8-11(13)9-7-10-12/h6,8,11,13H,2-5,7,9H2,1H3. The zero-order chi connectivity index (χ0) is 9.94. The third-order valence-electron chi connectivity index (χ3n) is 1.88. The Kier molecular flexibility index (Phi) is 8.70. The van der Waals surface area contributed by atoms with Crippen LogP contribution in [0, 0.1) is 11.3 Å². The maximum Gasteiger partial charge on any atom is 0.0730 e. The lowest BCUT2D eigenvalue weighted by Crippen LogP contribution is -2.00. The molecule has 13 heavy (non-hydrogen) atoms. The molecular formula is C11H19NO. The van der Waals surface area contributed by atoms with Crippen LogP contribution in [0.2, 0.25) is 0 Å². The summed E-state index contributed by atoms with van der Waals surface area (Å²) >= 11 is 0. The fourth-order valence-corrected chi connectivity index (χ4v) is 1.07. The van der Waals surface area contributed by atoms with Crippen LogP contribution in [0.1, 0.15) is 45.4 Å². The molecule has 0 amide bonds. The van der Waals surface area contributed by atoms with Gasteiger partial charge in [-0.05, 0) is 19.3 Å². The second-order valence-corrected chi connectivity index (χ2v) is 3.19. The van der Waals surface area contributed by atoms with Crippen molar-refractivity contribution >= 4 is 0 Å². The van der Waals surface area contributed by atoms with Crippen molar-refractivity contribution in [3.63, 3.8) is 0 Å². The predicted octanol–water partition coefficient (Wildman–Crippen LogP) is 2.79. The summed E-state index contributed by atoms with van der Waals surface area (Å²) in [5, 5.41) is 17.6. The first kappa shape index (κ1) is 12.2. The SMILES string of the molecule is CCCCCC=CC(O)CCC#N. The van der Waals surface area contributed by atoms with E-state index in [0.29, 0.717) is 12.8 Å². The molecule has 0 rings (SSSR count). The van der Waals surface area contributed by atoms with Gasteiger partial charge in [0.1, 0.15) is 0 Å². The quantitative estimate of drug-likeness (QED) is 0.485. The topological polar surface area (TPSA) is 44.0 Å². The first-order valence-corrected chi connectivity index (χ1v) is 5.03. The summed E-state index contributed by atoms with van der Waals surface area (Å²) in [4.78, 5) is 0. The smallest absolute Gasteiger partial charge is 0.0730 e. The van der Waals surface area contributed by atoms with Gasteiger partial charge in [-0.3, -0.25) is 0 Å². The molecule has 0 aliphatic rings. The summed E-state index contributed by atoms with van der Waals surface area (Å²) in [6.07, 6.45) is 9.08. The number of aliphatic hydroxyl groups excluding tert-OH is 1. The summed E-state index contributed by atoms with van der Waals surface area (Å²) in [5.74, 6) is 0. The normalized spacial score (nSPS) is 13.0. The minimum Gasteiger partial charge on any atom is -0.389 e. The fraction of sp³-hybridized carbons (Fsp3) is 0.727. The summed E-state index contributed by atoms with van der Waals surface area (Å²) in [7, 11) is 0. The summed E-state index contributed by atoms with van der Waals surface area (Å²) in [6.45, 7) is 2.17. The number of rotatable bonds is 7. The van der Waals surface area contributed by atoms with Crippen molar-refractivity contribution in [3.8, 4) is 6.07 Å². The molecule has 0 saturated carbocycles. The first-order chi connectivity index (χ1) is 6.31. The van der Waals surface area contributed by atoms with Crippen LogP contribution in [0.5, 0.6) is 0 Å². The molecule has 1 atom stereocenters. The molecule has 1 unspecified atom stereocenters. The Balaban J connectivity index is 3.32. The van der Waals surface area contributed by atoms with Gasteiger partial charge in [-0.25, -0.2) is 0 Å². The molecule has 2 heteroatoms. The van der Waals surface area contributed by atoms with Crippen molar-refractivity contribution < 1.29 is 5.11 Å². The molecule has 0 bridgehead atoms. The molecule has 74 valence electrons. The van der Waals surface area contributed by atoms with Gasteiger partial charge in [0.05, 0.1) is 12.2 Å². The molecule has 0 radical (unpaired) electrons. The minimum atomic E-state index is -0.429. The van der Waals surface area contributed by atoms with E-state index >= 15 is 0 Å². The Morgan fingerprint density at radius 3 is 2.85 bits per heavy atom. The maximum atomic E-state index is 9.30. The van der Waals surface area contributed by atoms with E-state index in [2.05, 4.69) is 6.92 Å². The van der Waals surface area contributed by atoms with E-state index in [4.69, 9.17) is 5.26 Å². The van der Waals surface area contributed by atoms with Gasteiger partial charge in [0, 0.05) is 6.42 Å². The highest BCUT2D eigenvalue weighted by molar-refractivity contribution is 4.89. The number of nitrogens with zero attached hydrogens (tertiary/aromatic N) is 1. The van der Waals surface area contributed by atoms with E-state index in [-0.39, 0.29) is 0 Å². The van der Waals surface area contributed by atoms with Gasteiger partial charge in [0.15, 0.2) is 0 Å². The molecule has 0 aromatic heterocycles. The van der Waals surface area contributed by atoms with Gasteiger partial charge in [-0.2, -0.15) is 5.26 Å². The average Bonchev–Trinajstić information content (AvgIpc) is 2.14. The van der Waals surface area contributed by atoms with E-state index in [1.165, 1.54) is 19.3 Å². The number of unbranched alkanes of at least 4 members (excludes halogenated alkanes) is 3. The third kappa shape index (κ3) is 9.10. The third-order valence-corrected chi connectivity index (χ3v) is 1.88. The van der Waals surface area contributed by atoms with Crippen LogP contribution >= 0.6 is 0 Å². The van der Waals surface area contributed by atoms with Crippen molar-refractivity contribution in [3.05, 3.63) is 12.2 Å². The molecular weight excluding hydrogens is 162 g/mol. The molecule has 0 spiro atoms. The molecule has 2 nitrogen and oxygen atoms in total. The lowest BCUT2D eigenvalue weighted by molar-refractivity contribution is 0.214. The van der Waals surface area contributed by atoms with Gasteiger partial charge < -0.3 is 5.11 Å². The highest BCUT2D eigenvalue weighted by atomic mass is 16.3. The largest absolute Gasteiger partial charge is 0.389 e. The van der Waals surface area contributed by atoms with Crippen molar-refractivity contribution in [2.45, 2.75) is 51.6 Å². The van der Waals surface area contributed by atoms with Gasteiger partial charge in [-0.15, -0.1) is 0 Å². The number of hydrogen-bond acceptors (Lipinski definition) is 2. The molecule has 0 saturated heterocycles. The summed E-state index contributed by atoms with van der Waals surface area (Å²) in [6, 6.07) is 2.02. The number of allylic oxidation sites excluding steroid dienone is 1. The van der Waals surface area contributed by atoms with Crippen molar-refractivity contribution in [2.24, 2.45) is 0 Å². The second-order valence-electron chi connectivity index (χ2n) is 3.19. The van der Waals surface area contributed by atoms with E-state index in [1.54, 1.807) is 6.08 Å². The molecule has 0 aromatic rings. The van der Waals surface area contributed by atoms with Crippen LogP contribution in [-0.4, -0.2) is 11.2 Å². The van der Waals surface area contributed by atoms with Crippen molar-refractivity contribution in [1.29, 1.82) is 5.26 Å². The van der Waals surface area contributed by atoms with Crippen LogP contribution in [0.4, 0.5) is 0 Å². The van der Waals surface area contributed by atoms with E-state index in [0.717, 1.165) is 6.42 Å². The van der Waals surface area contributed by atoms with Crippen LogP contribution in [0.15, 0.2) is 12.2 Å². The molecule has 0 aliphatic carbocycles. The molecule has 0 heterocycles. The zero-order valence-corrected chi connectivity index (χ0v) is 8.37. The lowest BCUT2D eigenvalue weighted by atomic mass is 10.1. The fourth-order valence-electron chi connectivity index (χ4n) is 1.07. The molecule has 0 fully saturated rings. The Bertz CT molecular complexity index is 169. The van der Waals surface area contributed by atoms with Gasteiger partial charge in [0.25, 0.3) is 0 Å². The minimum absolute atomic E-state index is 0.429. The average molecular weight is 181 g/mol. The van der Waals surface area contributed by atoms with Crippen LogP contribution in [-0.2, 0) is 0 Å². The summed E-state index contributed by atoms with van der Waals surface area (Å²) < 4.78 is 0. The molecule has 1 N–H and O–H groups in total. The van der Waals surface area contributed by atoms with Gasteiger partial charge in [-0.1, -0.05) is 31.9 Å². The Morgan fingerprint density at radius 2 is 2.23 bits per heavy atom.